The maximum atomic E-state index is 14.0. The van der Waals surface area contributed by atoms with Crippen LogP contribution in [0.15, 0.2) is 95.5 Å². The molecule has 4 aromatic rings. The van der Waals surface area contributed by atoms with Crippen LogP contribution in [0.5, 0.6) is 11.5 Å². The van der Waals surface area contributed by atoms with E-state index in [1.54, 1.807) is 12.0 Å². The fourth-order valence-electron chi connectivity index (χ4n) is 5.44. The lowest BCUT2D eigenvalue weighted by Gasteiger charge is -2.32. The van der Waals surface area contributed by atoms with Crippen LogP contribution in [0.3, 0.4) is 0 Å². The number of nitrogens with zero attached hydrogens (tertiary/aromatic N) is 1. The second-order valence-corrected chi connectivity index (χ2v) is 11.2. The van der Waals surface area contributed by atoms with Crippen LogP contribution in [-0.2, 0) is 22.6 Å². The molecule has 41 heavy (non-hydrogen) atoms. The van der Waals surface area contributed by atoms with Crippen molar-refractivity contribution in [3.05, 3.63) is 107 Å². The molecule has 0 aromatic heterocycles. The molecule has 4 aromatic carbocycles. The minimum Gasteiger partial charge on any atom is -0.497 e. The lowest BCUT2D eigenvalue weighted by Crippen LogP contribution is -2.53. The minimum atomic E-state index is -0.708. The third kappa shape index (κ3) is 7.27. The number of nitrogens with one attached hydrogen (secondary N) is 1. The first-order valence-electron chi connectivity index (χ1n) is 14.1. The van der Waals surface area contributed by atoms with Crippen LogP contribution >= 0.6 is 15.9 Å². The first-order chi connectivity index (χ1) is 20.0. The van der Waals surface area contributed by atoms with E-state index in [1.807, 2.05) is 91.0 Å². The number of methoxy groups -OCH3 is 1. The molecule has 1 fully saturated rings. The van der Waals surface area contributed by atoms with E-state index in [1.165, 1.54) is 0 Å². The summed E-state index contributed by atoms with van der Waals surface area (Å²) in [5.41, 5.74) is 1.86. The van der Waals surface area contributed by atoms with Crippen LogP contribution in [0.4, 0.5) is 0 Å². The van der Waals surface area contributed by atoms with Gasteiger partial charge >= 0.3 is 0 Å². The predicted octanol–water partition coefficient (Wildman–Crippen LogP) is 6.69. The lowest BCUT2D eigenvalue weighted by atomic mass is 10.0. The molecule has 0 radical (unpaired) electrons. The van der Waals surface area contributed by atoms with E-state index in [0.717, 1.165) is 52.1 Å². The van der Waals surface area contributed by atoms with E-state index in [2.05, 4.69) is 21.2 Å². The van der Waals surface area contributed by atoms with Gasteiger partial charge in [-0.15, -0.1) is 0 Å². The number of halogens is 1. The van der Waals surface area contributed by atoms with Gasteiger partial charge in [0.25, 0.3) is 5.91 Å². The first kappa shape index (κ1) is 28.7. The summed E-state index contributed by atoms with van der Waals surface area (Å²) in [6.07, 6.45) is 4.54. The Morgan fingerprint density at radius 2 is 1.66 bits per heavy atom. The van der Waals surface area contributed by atoms with E-state index in [-0.39, 0.29) is 31.0 Å². The summed E-state index contributed by atoms with van der Waals surface area (Å²) in [7, 11) is 1.62. The summed E-state index contributed by atoms with van der Waals surface area (Å²) in [4.78, 5) is 29.5. The molecule has 0 heterocycles. The molecule has 1 aliphatic rings. The molecular weight excluding hydrogens is 580 g/mol. The van der Waals surface area contributed by atoms with E-state index < -0.39 is 6.04 Å². The fourth-order valence-corrected chi connectivity index (χ4v) is 6.04. The van der Waals surface area contributed by atoms with E-state index in [9.17, 15) is 9.59 Å². The number of hydrogen-bond acceptors (Lipinski definition) is 4. The number of amides is 2. The van der Waals surface area contributed by atoms with Gasteiger partial charge in [0.15, 0.2) is 6.61 Å². The number of carbonyl (C=O) groups is 2. The Hall–Kier alpha value is -3.84. The van der Waals surface area contributed by atoms with Crippen LogP contribution in [0.25, 0.3) is 10.8 Å². The molecule has 6 nitrogen and oxygen atoms in total. The average Bonchev–Trinajstić information content (AvgIpc) is 3.52. The zero-order valence-electron chi connectivity index (χ0n) is 23.2. The van der Waals surface area contributed by atoms with Crippen LogP contribution < -0.4 is 14.8 Å². The number of ether oxygens (including phenoxy) is 2. The van der Waals surface area contributed by atoms with Crippen LogP contribution in [0.2, 0.25) is 0 Å². The van der Waals surface area contributed by atoms with Crippen molar-refractivity contribution < 1.29 is 19.1 Å². The molecule has 1 saturated carbocycles. The average molecular weight is 616 g/mol. The molecule has 0 saturated heterocycles. The summed E-state index contributed by atoms with van der Waals surface area (Å²) >= 11 is 3.66. The van der Waals surface area contributed by atoms with Crippen molar-refractivity contribution in [2.45, 2.75) is 50.7 Å². The highest BCUT2D eigenvalue weighted by atomic mass is 79.9. The number of benzene rings is 4. The van der Waals surface area contributed by atoms with Crippen LogP contribution in [0.1, 0.15) is 36.8 Å². The second-order valence-electron chi connectivity index (χ2n) is 10.5. The number of fused-ring (bicyclic) bond motifs is 1. The monoisotopic (exact) mass is 614 g/mol. The lowest BCUT2D eigenvalue weighted by molar-refractivity contribution is -0.143. The van der Waals surface area contributed by atoms with E-state index >= 15 is 0 Å². The van der Waals surface area contributed by atoms with Crippen molar-refractivity contribution in [1.29, 1.82) is 0 Å². The molecule has 5 rings (SSSR count). The molecule has 1 N–H and O–H groups in total. The normalized spacial score (nSPS) is 14.0. The van der Waals surface area contributed by atoms with Gasteiger partial charge in [0.05, 0.1) is 11.6 Å². The van der Waals surface area contributed by atoms with Gasteiger partial charge in [0, 0.05) is 19.0 Å². The Bertz CT molecular complexity index is 1490. The number of carbonyl (C=O) groups excluding carboxylic acids is 2. The summed E-state index contributed by atoms with van der Waals surface area (Å²) in [6, 6.07) is 28.7. The standard InChI is InChI=1S/C34H35BrN2O4/c1-40-28-16-9-12-25(20-28)22-37(32(38)23-41-31-19-18-26-13-5-8-17-29(26)33(31)35)30(21-24-10-3-2-4-11-24)34(39)36-27-14-6-7-15-27/h2-5,8-13,16-20,27,30H,6-7,14-15,21-23H2,1H3,(H,36,39)/t30-/m1/s1. The Kier molecular flexibility index (Phi) is 9.57. The van der Waals surface area contributed by atoms with Crippen molar-refractivity contribution in [3.63, 3.8) is 0 Å². The van der Waals surface area contributed by atoms with Crippen LogP contribution in [-0.4, -0.2) is 42.5 Å². The van der Waals surface area contributed by atoms with Gasteiger partial charge in [0.2, 0.25) is 5.91 Å². The zero-order chi connectivity index (χ0) is 28.6. The highest BCUT2D eigenvalue weighted by Crippen LogP contribution is 2.33. The molecule has 1 aliphatic carbocycles. The van der Waals surface area contributed by atoms with Gasteiger partial charge in [-0.3, -0.25) is 9.59 Å². The quantitative estimate of drug-likeness (QED) is 0.204. The van der Waals surface area contributed by atoms with Gasteiger partial charge in [-0.25, -0.2) is 0 Å². The summed E-state index contributed by atoms with van der Waals surface area (Å²) in [6.45, 7) is 0.0385. The molecule has 212 valence electrons. The summed E-state index contributed by atoms with van der Waals surface area (Å²) < 4.78 is 12.3. The molecular formula is C34H35BrN2O4. The van der Waals surface area contributed by atoms with Crippen LogP contribution in [0, 0.1) is 0 Å². The minimum absolute atomic E-state index is 0.135. The smallest absolute Gasteiger partial charge is 0.261 e. The van der Waals surface area contributed by atoms with Gasteiger partial charge in [-0.1, -0.05) is 85.6 Å². The molecule has 2 amide bonds. The van der Waals surface area contributed by atoms with E-state index in [4.69, 9.17) is 9.47 Å². The van der Waals surface area contributed by atoms with Gasteiger partial charge in [0.1, 0.15) is 17.5 Å². The molecule has 0 spiro atoms. The predicted molar refractivity (Wildman–Crippen MR) is 165 cm³/mol. The van der Waals surface area contributed by atoms with E-state index in [0.29, 0.717) is 17.9 Å². The van der Waals surface area contributed by atoms with Crippen molar-refractivity contribution >= 4 is 38.5 Å². The second kappa shape index (κ2) is 13.7. The Labute approximate surface area is 249 Å². The maximum Gasteiger partial charge on any atom is 0.261 e. The molecule has 0 bridgehead atoms. The van der Waals surface area contributed by atoms with Crippen molar-refractivity contribution in [3.8, 4) is 11.5 Å². The molecule has 0 unspecified atom stereocenters. The van der Waals surface area contributed by atoms with Gasteiger partial charge < -0.3 is 19.7 Å². The highest BCUT2D eigenvalue weighted by Gasteiger charge is 2.32. The summed E-state index contributed by atoms with van der Waals surface area (Å²) in [5.74, 6) is 0.869. The van der Waals surface area contributed by atoms with Crippen molar-refractivity contribution in [1.82, 2.24) is 10.2 Å². The molecule has 7 heteroatoms. The first-order valence-corrected chi connectivity index (χ1v) is 14.9. The molecule has 1 atom stereocenters. The van der Waals surface area contributed by atoms with Crippen molar-refractivity contribution in [2.24, 2.45) is 0 Å². The third-order valence-corrected chi connectivity index (χ3v) is 8.46. The van der Waals surface area contributed by atoms with Gasteiger partial charge in [-0.05, 0) is 68.9 Å². The number of rotatable bonds is 11. The van der Waals surface area contributed by atoms with Crippen molar-refractivity contribution in [2.75, 3.05) is 13.7 Å². The zero-order valence-corrected chi connectivity index (χ0v) is 24.8. The molecule has 0 aliphatic heterocycles. The summed E-state index contributed by atoms with van der Waals surface area (Å²) in [5, 5.41) is 5.32. The largest absolute Gasteiger partial charge is 0.497 e. The Morgan fingerprint density at radius 3 is 2.44 bits per heavy atom. The number of hydrogen-bond donors (Lipinski definition) is 1. The van der Waals surface area contributed by atoms with Gasteiger partial charge in [-0.2, -0.15) is 0 Å². The topological polar surface area (TPSA) is 67.9 Å². The maximum absolute atomic E-state index is 14.0. The third-order valence-electron chi connectivity index (χ3n) is 7.64. The fraction of sp³-hybridized carbons (Fsp3) is 0.294. The Balaban J connectivity index is 1.44. The Morgan fingerprint density at radius 1 is 0.927 bits per heavy atom. The highest BCUT2D eigenvalue weighted by molar-refractivity contribution is 9.10. The SMILES string of the molecule is COc1cccc(CN(C(=O)COc2ccc3ccccc3c2Br)[C@H](Cc2ccccc2)C(=O)NC2CCCC2)c1.